The Morgan fingerprint density at radius 2 is 1.63 bits per heavy atom. The van der Waals surface area contributed by atoms with Gasteiger partial charge in [0, 0.05) is 33.0 Å². The third-order valence-electron chi connectivity index (χ3n) is 9.32. The Balaban J connectivity index is 1.56. The second-order valence-electron chi connectivity index (χ2n) is 16.1. The monoisotopic (exact) mass is 716 g/mol. The molecule has 13 heteroatoms. The normalized spacial score (nSPS) is 17.9. The number of fused-ring (bicyclic) bond motifs is 2. The molecule has 5 rings (SSSR count). The Labute approximate surface area is 292 Å². The molecule has 0 spiro atoms. The van der Waals surface area contributed by atoms with Gasteiger partial charge < -0.3 is 18.6 Å². The first kappa shape index (κ1) is 37.6. The van der Waals surface area contributed by atoms with E-state index in [1.54, 1.807) is 24.3 Å². The number of aromatic nitrogens is 2. The first-order valence-corrected chi connectivity index (χ1v) is 21.8. The lowest BCUT2D eigenvalue weighted by Gasteiger charge is -2.34. The molecular formula is C36H50F2N4O5SSi. The van der Waals surface area contributed by atoms with Crippen molar-refractivity contribution in [2.75, 3.05) is 13.2 Å². The molecule has 3 aromatic rings. The Kier molecular flexibility index (Phi) is 10.6. The van der Waals surface area contributed by atoms with E-state index >= 15 is 0 Å². The van der Waals surface area contributed by atoms with E-state index in [1.165, 1.54) is 18.7 Å². The molecule has 1 fully saturated rings. The molecule has 2 amide bonds. The highest BCUT2D eigenvalue weighted by molar-refractivity contribution is 7.90. The Bertz CT molecular complexity index is 1660. The quantitative estimate of drug-likeness (QED) is 0.0746. The molecule has 1 aliphatic heterocycles. The lowest BCUT2D eigenvalue weighted by atomic mass is 10.00. The van der Waals surface area contributed by atoms with E-state index < -0.39 is 47.8 Å². The maximum absolute atomic E-state index is 14.5. The first-order chi connectivity index (χ1) is 22.7. The maximum Gasteiger partial charge on any atom is 0.273 e. The van der Waals surface area contributed by atoms with E-state index in [-0.39, 0.29) is 31.1 Å². The molecule has 1 aromatic heterocycles. The summed E-state index contributed by atoms with van der Waals surface area (Å²) in [5.74, 6) is -3.20. The number of benzene rings is 2. The average Bonchev–Trinajstić information content (AvgIpc) is 3.73. The van der Waals surface area contributed by atoms with E-state index in [1.807, 2.05) is 43.5 Å². The van der Waals surface area contributed by atoms with Gasteiger partial charge in [-0.15, -0.1) is 4.72 Å². The topological polar surface area (TPSA) is 109 Å². The zero-order valence-corrected chi connectivity index (χ0v) is 31.9. The van der Waals surface area contributed by atoms with Crippen molar-refractivity contribution in [3.05, 3.63) is 65.0 Å². The van der Waals surface area contributed by atoms with Gasteiger partial charge in [-0.05, 0) is 89.3 Å². The molecule has 0 saturated heterocycles. The van der Waals surface area contributed by atoms with Gasteiger partial charge in [0.2, 0.25) is 0 Å². The second-order valence-corrected chi connectivity index (χ2v) is 23.7. The van der Waals surface area contributed by atoms with Crippen LogP contribution in [0, 0.1) is 5.92 Å². The third-order valence-corrected chi connectivity index (χ3v) is 12.6. The number of hydrogen-bond acceptors (Lipinski definition) is 7. The number of nitrogens with zero attached hydrogens (tertiary/aromatic N) is 3. The van der Waals surface area contributed by atoms with Crippen LogP contribution in [0.25, 0.3) is 11.0 Å². The highest BCUT2D eigenvalue weighted by Crippen LogP contribution is 2.47. The van der Waals surface area contributed by atoms with Gasteiger partial charge in [0.05, 0.1) is 34.8 Å². The van der Waals surface area contributed by atoms with Crippen molar-refractivity contribution in [3.8, 4) is 0 Å². The Morgan fingerprint density at radius 1 is 1.02 bits per heavy atom. The number of ether oxygens (including phenoxy) is 2. The number of alkyl halides is 2. The van der Waals surface area contributed by atoms with Crippen LogP contribution in [0.4, 0.5) is 8.78 Å². The van der Waals surface area contributed by atoms with Crippen LogP contribution in [0.2, 0.25) is 25.7 Å². The number of carbonyl (C=O) groups excluding carboxylic acids is 2. The fourth-order valence-corrected chi connectivity index (χ4v) is 7.22. The van der Waals surface area contributed by atoms with Crippen LogP contribution >= 0.6 is 0 Å². The average molecular weight is 717 g/mol. The number of hydrogen-bond donors (Lipinski definition) is 1. The number of amides is 2. The van der Waals surface area contributed by atoms with Gasteiger partial charge in [0.25, 0.3) is 17.7 Å². The van der Waals surface area contributed by atoms with E-state index in [2.05, 4.69) is 24.4 Å². The van der Waals surface area contributed by atoms with Gasteiger partial charge in [-0.3, -0.25) is 14.5 Å². The zero-order chi connectivity index (χ0) is 36.1. The van der Waals surface area contributed by atoms with Crippen LogP contribution in [0.1, 0.15) is 98.6 Å². The summed E-state index contributed by atoms with van der Waals surface area (Å²) in [7, 11) is -1.39. The van der Waals surface area contributed by atoms with Crippen LogP contribution < -0.4 is 4.72 Å². The van der Waals surface area contributed by atoms with Crippen molar-refractivity contribution < 1.29 is 32.4 Å². The van der Waals surface area contributed by atoms with E-state index in [0.29, 0.717) is 29.1 Å². The largest absolute Gasteiger partial charge is 0.598 e. The summed E-state index contributed by atoms with van der Waals surface area (Å²) in [6, 6.07) is 12.3. The van der Waals surface area contributed by atoms with Gasteiger partial charge in [-0.1, -0.05) is 37.8 Å². The van der Waals surface area contributed by atoms with Gasteiger partial charge in [-0.2, -0.15) is 0 Å². The summed E-state index contributed by atoms with van der Waals surface area (Å²) < 4.78 is 58.9. The minimum absolute atomic E-state index is 0.126. The number of imide groups is 1. The highest BCUT2D eigenvalue weighted by Gasteiger charge is 2.47. The van der Waals surface area contributed by atoms with Crippen molar-refractivity contribution in [1.82, 2.24) is 19.2 Å². The number of imidazole rings is 1. The highest BCUT2D eigenvalue weighted by atomic mass is 32.2. The molecule has 1 saturated carbocycles. The number of nitrogens with one attached hydrogen (secondary N) is 1. The molecule has 3 unspecified atom stereocenters. The Morgan fingerprint density at radius 3 is 2.16 bits per heavy atom. The molecule has 1 N–H and O–H groups in total. The molecule has 1 aliphatic carbocycles. The minimum Gasteiger partial charge on any atom is -0.598 e. The fraction of sp³-hybridized carbons (Fsp3) is 0.583. The van der Waals surface area contributed by atoms with Crippen molar-refractivity contribution >= 4 is 42.3 Å². The van der Waals surface area contributed by atoms with Crippen LogP contribution in [0.5, 0.6) is 0 Å². The molecule has 3 atom stereocenters. The van der Waals surface area contributed by atoms with Crippen LogP contribution in [-0.2, 0) is 27.6 Å². The number of rotatable bonds is 15. The summed E-state index contributed by atoms with van der Waals surface area (Å²) in [6.45, 7) is 16.2. The SMILES string of the molecule is CC(C)(C)[S+]([O-])NC(COC(C)(C)C(C)(F)F)c1nc2cc(C(C3CC3)N3C(=O)c4ccccc4C3=O)ccc2n1COCC[Si](C)(C)C. The Hall–Kier alpha value is -2.68. The van der Waals surface area contributed by atoms with Crippen LogP contribution in [0.3, 0.4) is 0 Å². The summed E-state index contributed by atoms with van der Waals surface area (Å²) in [5.41, 5.74) is 1.09. The third kappa shape index (κ3) is 8.28. The van der Waals surface area contributed by atoms with Crippen molar-refractivity contribution in [2.24, 2.45) is 5.92 Å². The summed E-state index contributed by atoms with van der Waals surface area (Å²) in [5, 5.41) is 0. The molecule has 0 bridgehead atoms. The number of halogens is 2. The van der Waals surface area contributed by atoms with Gasteiger partial charge in [-0.25, -0.2) is 13.8 Å². The van der Waals surface area contributed by atoms with E-state index in [4.69, 9.17) is 14.5 Å². The second kappa shape index (κ2) is 13.8. The molecule has 268 valence electrons. The standard InChI is InChI=1S/C36H50F2N4O5SSi/c1-34(2,3)48(45)40-28(21-47-35(4,5)36(6,37)38)31-39-27-20-24(16-17-29(27)41(31)22-46-18-19-49(7,8)9)30(23-14-15-23)42-32(43)25-12-10-11-13-26(25)33(42)44/h10-13,16-17,20,23,28,30,40H,14-15,18-19,21-22H2,1-9H3. The van der Waals surface area contributed by atoms with Gasteiger partial charge >= 0.3 is 0 Å². The predicted molar refractivity (Wildman–Crippen MR) is 191 cm³/mol. The lowest BCUT2D eigenvalue weighted by molar-refractivity contribution is -0.183. The van der Waals surface area contributed by atoms with Gasteiger partial charge in [0.15, 0.2) is 0 Å². The number of carbonyl (C=O) groups is 2. The van der Waals surface area contributed by atoms with Crippen molar-refractivity contribution in [2.45, 2.75) is 115 Å². The molecular weight excluding hydrogens is 667 g/mol. The minimum atomic E-state index is -3.14. The fourth-order valence-electron chi connectivity index (χ4n) is 5.68. The predicted octanol–water partition coefficient (Wildman–Crippen LogP) is 7.64. The lowest BCUT2D eigenvalue weighted by Crippen LogP contribution is -2.47. The first-order valence-electron chi connectivity index (χ1n) is 16.9. The van der Waals surface area contributed by atoms with Crippen molar-refractivity contribution in [3.63, 3.8) is 0 Å². The smallest absolute Gasteiger partial charge is 0.273 e. The van der Waals surface area contributed by atoms with Crippen LogP contribution in [0.15, 0.2) is 42.5 Å². The molecule has 49 heavy (non-hydrogen) atoms. The van der Waals surface area contributed by atoms with Crippen LogP contribution in [-0.4, -0.2) is 68.4 Å². The molecule has 9 nitrogen and oxygen atoms in total. The maximum atomic E-state index is 14.5. The van der Waals surface area contributed by atoms with Gasteiger partial charge in [0.1, 0.15) is 28.9 Å². The zero-order valence-electron chi connectivity index (χ0n) is 30.1. The summed E-state index contributed by atoms with van der Waals surface area (Å²) >= 11 is -1.59. The molecule has 0 radical (unpaired) electrons. The summed E-state index contributed by atoms with van der Waals surface area (Å²) in [4.78, 5) is 33.5. The molecule has 2 aliphatic rings. The molecule has 2 heterocycles. The van der Waals surface area contributed by atoms with E-state index in [9.17, 15) is 22.9 Å². The van der Waals surface area contributed by atoms with E-state index in [0.717, 1.165) is 36.9 Å². The van der Waals surface area contributed by atoms with Crippen molar-refractivity contribution in [1.29, 1.82) is 0 Å². The molecule has 2 aromatic carbocycles. The summed E-state index contributed by atoms with van der Waals surface area (Å²) in [6.07, 6.45) is 1.78.